The number of hydrogen-bond acceptors (Lipinski definition) is 2. The van der Waals surface area contributed by atoms with Gasteiger partial charge in [-0.15, -0.1) is 0 Å². The molecule has 20 heavy (non-hydrogen) atoms. The van der Waals surface area contributed by atoms with Gasteiger partial charge in [-0.2, -0.15) is 0 Å². The van der Waals surface area contributed by atoms with Crippen molar-refractivity contribution in [1.29, 1.82) is 0 Å². The van der Waals surface area contributed by atoms with E-state index in [1.165, 1.54) is 13.2 Å². The van der Waals surface area contributed by atoms with Crippen molar-refractivity contribution >= 4 is 11.6 Å². The van der Waals surface area contributed by atoms with E-state index in [1.807, 2.05) is 0 Å². The molecule has 0 aliphatic carbocycles. The average molecular weight is 277 g/mol. The van der Waals surface area contributed by atoms with Crippen molar-refractivity contribution in [2.24, 2.45) is 0 Å². The average Bonchev–Trinajstić information content (AvgIpc) is 2.41. The Morgan fingerprint density at radius 2 is 1.90 bits per heavy atom. The van der Waals surface area contributed by atoms with Crippen LogP contribution in [0.2, 0.25) is 0 Å². The first-order chi connectivity index (χ1) is 9.51. The summed E-state index contributed by atoms with van der Waals surface area (Å²) >= 11 is 0. The maximum absolute atomic E-state index is 13.4. The summed E-state index contributed by atoms with van der Waals surface area (Å²) in [5, 5.41) is 2.40. The Labute approximate surface area is 115 Å². The first-order valence-corrected chi connectivity index (χ1v) is 5.92. The normalized spacial score (nSPS) is 10.2. The number of hydrogen-bond donors (Lipinski definition) is 1. The second-order valence-corrected chi connectivity index (χ2v) is 4.26. The summed E-state index contributed by atoms with van der Waals surface area (Å²) in [4.78, 5) is 12.0. The standard InChI is InChI=1S/C15H13F2NO2/c1-9-7-10(3-6-14(9)20-2)15(19)18-13-5-4-11(16)8-12(13)17/h3-8H,1-2H3,(H,18,19). The number of aryl methyl sites for hydroxylation is 1. The molecule has 0 saturated heterocycles. The fraction of sp³-hybridized carbons (Fsp3) is 0.133. The second kappa shape index (κ2) is 5.69. The number of anilines is 1. The molecule has 104 valence electrons. The number of ether oxygens (including phenoxy) is 1. The van der Waals surface area contributed by atoms with Gasteiger partial charge < -0.3 is 10.1 Å². The monoisotopic (exact) mass is 277 g/mol. The zero-order valence-corrected chi connectivity index (χ0v) is 11.0. The topological polar surface area (TPSA) is 38.3 Å². The first-order valence-electron chi connectivity index (χ1n) is 5.92. The van der Waals surface area contributed by atoms with Gasteiger partial charge in [-0.05, 0) is 42.8 Å². The minimum Gasteiger partial charge on any atom is -0.496 e. The van der Waals surface area contributed by atoms with Gasteiger partial charge in [0.2, 0.25) is 0 Å². The van der Waals surface area contributed by atoms with Crippen molar-refractivity contribution in [3.05, 3.63) is 59.2 Å². The summed E-state index contributed by atoms with van der Waals surface area (Å²) in [5.41, 5.74) is 1.09. The number of halogens is 2. The van der Waals surface area contributed by atoms with E-state index < -0.39 is 17.5 Å². The van der Waals surface area contributed by atoms with E-state index >= 15 is 0 Å². The number of benzene rings is 2. The molecule has 0 unspecified atom stereocenters. The lowest BCUT2D eigenvalue weighted by atomic mass is 10.1. The zero-order chi connectivity index (χ0) is 14.7. The molecule has 0 heterocycles. The molecule has 2 rings (SSSR count). The van der Waals surface area contributed by atoms with Crippen LogP contribution in [0.5, 0.6) is 5.75 Å². The highest BCUT2D eigenvalue weighted by molar-refractivity contribution is 6.04. The molecule has 0 aromatic heterocycles. The van der Waals surface area contributed by atoms with Gasteiger partial charge in [0.15, 0.2) is 0 Å². The van der Waals surface area contributed by atoms with E-state index in [1.54, 1.807) is 25.1 Å². The molecule has 1 amide bonds. The molecule has 0 bridgehead atoms. The summed E-state index contributed by atoms with van der Waals surface area (Å²) in [7, 11) is 1.54. The molecule has 3 nitrogen and oxygen atoms in total. The molecule has 0 radical (unpaired) electrons. The third-order valence-corrected chi connectivity index (χ3v) is 2.84. The van der Waals surface area contributed by atoms with E-state index in [4.69, 9.17) is 4.74 Å². The maximum atomic E-state index is 13.4. The Balaban J connectivity index is 2.21. The molecule has 0 fully saturated rings. The minimum absolute atomic E-state index is 0.0649. The van der Waals surface area contributed by atoms with Gasteiger partial charge >= 0.3 is 0 Å². The van der Waals surface area contributed by atoms with Gasteiger partial charge in [-0.3, -0.25) is 4.79 Å². The van der Waals surface area contributed by atoms with Gasteiger partial charge in [0, 0.05) is 11.6 Å². The molecule has 2 aromatic rings. The summed E-state index contributed by atoms with van der Waals surface area (Å²) < 4.78 is 31.3. The van der Waals surface area contributed by atoms with Gasteiger partial charge in [-0.25, -0.2) is 8.78 Å². The third-order valence-electron chi connectivity index (χ3n) is 2.84. The van der Waals surface area contributed by atoms with Crippen molar-refractivity contribution < 1.29 is 18.3 Å². The zero-order valence-electron chi connectivity index (χ0n) is 11.0. The fourth-order valence-corrected chi connectivity index (χ4v) is 1.81. The van der Waals surface area contributed by atoms with Crippen molar-refractivity contribution in [1.82, 2.24) is 0 Å². The number of carbonyl (C=O) groups excluding carboxylic acids is 1. The highest BCUT2D eigenvalue weighted by Gasteiger charge is 2.11. The summed E-state index contributed by atoms with van der Waals surface area (Å²) in [6.07, 6.45) is 0. The Morgan fingerprint density at radius 3 is 2.50 bits per heavy atom. The minimum atomic E-state index is -0.816. The van der Waals surface area contributed by atoms with Gasteiger partial charge in [0.05, 0.1) is 12.8 Å². The van der Waals surface area contributed by atoms with Crippen molar-refractivity contribution in [2.45, 2.75) is 6.92 Å². The van der Waals surface area contributed by atoms with E-state index in [9.17, 15) is 13.6 Å². The van der Waals surface area contributed by atoms with Gasteiger partial charge in [0.25, 0.3) is 5.91 Å². The van der Waals surface area contributed by atoms with Crippen LogP contribution >= 0.6 is 0 Å². The lowest BCUT2D eigenvalue weighted by molar-refractivity contribution is 0.102. The SMILES string of the molecule is COc1ccc(C(=O)Nc2ccc(F)cc2F)cc1C. The molecule has 0 spiro atoms. The molecule has 0 aliphatic heterocycles. The van der Waals surface area contributed by atoms with Gasteiger partial charge in [-0.1, -0.05) is 0 Å². The summed E-state index contributed by atoms with van der Waals surface area (Å²) in [5.74, 6) is -1.32. The number of methoxy groups -OCH3 is 1. The lowest BCUT2D eigenvalue weighted by Crippen LogP contribution is -2.13. The second-order valence-electron chi connectivity index (χ2n) is 4.26. The Kier molecular flexibility index (Phi) is 3.98. The molecule has 1 N–H and O–H groups in total. The lowest BCUT2D eigenvalue weighted by Gasteiger charge is -2.09. The van der Waals surface area contributed by atoms with Crippen molar-refractivity contribution in [2.75, 3.05) is 12.4 Å². The van der Waals surface area contributed by atoms with Crippen LogP contribution in [0.15, 0.2) is 36.4 Å². The predicted octanol–water partition coefficient (Wildman–Crippen LogP) is 3.53. The first kappa shape index (κ1) is 14.0. The largest absolute Gasteiger partial charge is 0.496 e. The number of carbonyl (C=O) groups is 1. The quantitative estimate of drug-likeness (QED) is 0.932. The molecular formula is C15H13F2NO2. The van der Waals surface area contributed by atoms with E-state index in [0.29, 0.717) is 11.3 Å². The molecule has 0 aliphatic rings. The van der Waals surface area contributed by atoms with Crippen molar-refractivity contribution in [3.63, 3.8) is 0 Å². The van der Waals surface area contributed by atoms with E-state index in [2.05, 4.69) is 5.32 Å². The molecular weight excluding hydrogens is 264 g/mol. The number of nitrogens with one attached hydrogen (secondary N) is 1. The van der Waals surface area contributed by atoms with Crippen LogP contribution in [0.4, 0.5) is 14.5 Å². The predicted molar refractivity (Wildman–Crippen MR) is 72.0 cm³/mol. The highest BCUT2D eigenvalue weighted by Crippen LogP contribution is 2.20. The van der Waals surface area contributed by atoms with Crippen LogP contribution < -0.4 is 10.1 Å². The smallest absolute Gasteiger partial charge is 0.255 e. The van der Waals surface area contributed by atoms with Crippen molar-refractivity contribution in [3.8, 4) is 5.75 Å². The molecule has 2 aromatic carbocycles. The van der Waals surface area contributed by atoms with E-state index in [0.717, 1.165) is 17.7 Å². The van der Waals surface area contributed by atoms with Crippen LogP contribution in [0, 0.1) is 18.6 Å². The molecule has 0 saturated carbocycles. The summed E-state index contributed by atoms with van der Waals surface area (Å²) in [6, 6.07) is 7.84. The molecule has 0 atom stereocenters. The third kappa shape index (κ3) is 2.93. The number of amides is 1. The van der Waals surface area contributed by atoms with Crippen LogP contribution in [-0.2, 0) is 0 Å². The Morgan fingerprint density at radius 1 is 1.15 bits per heavy atom. The number of rotatable bonds is 3. The fourth-order valence-electron chi connectivity index (χ4n) is 1.81. The Hall–Kier alpha value is -2.43. The van der Waals surface area contributed by atoms with Crippen LogP contribution in [0.25, 0.3) is 0 Å². The molecule has 5 heteroatoms. The van der Waals surface area contributed by atoms with Crippen LogP contribution in [-0.4, -0.2) is 13.0 Å². The Bertz CT molecular complexity index is 656. The summed E-state index contributed by atoms with van der Waals surface area (Å²) in [6.45, 7) is 1.80. The van der Waals surface area contributed by atoms with Crippen LogP contribution in [0.1, 0.15) is 15.9 Å². The van der Waals surface area contributed by atoms with Crippen LogP contribution in [0.3, 0.4) is 0 Å². The van der Waals surface area contributed by atoms with Gasteiger partial charge in [0.1, 0.15) is 17.4 Å². The van der Waals surface area contributed by atoms with E-state index in [-0.39, 0.29) is 5.69 Å². The maximum Gasteiger partial charge on any atom is 0.255 e. The highest BCUT2D eigenvalue weighted by atomic mass is 19.1.